The Bertz CT molecular complexity index is 168. The summed E-state index contributed by atoms with van der Waals surface area (Å²) in [6.07, 6.45) is 4.88. The second-order valence-corrected chi connectivity index (χ2v) is 3.72. The van der Waals surface area contributed by atoms with Gasteiger partial charge in [-0.25, -0.2) is 0 Å². The monoisotopic (exact) mass is 200 g/mol. The fourth-order valence-electron chi connectivity index (χ4n) is 1.65. The zero-order valence-corrected chi connectivity index (χ0v) is 8.59. The molecule has 0 bridgehead atoms. The van der Waals surface area contributed by atoms with Crippen LogP contribution in [0, 0.1) is 0 Å². The maximum absolute atomic E-state index is 11.5. The first-order valence-corrected chi connectivity index (χ1v) is 5.46. The summed E-state index contributed by atoms with van der Waals surface area (Å²) >= 11 is 0. The van der Waals surface area contributed by atoms with E-state index in [-0.39, 0.29) is 18.6 Å². The number of amides is 1. The largest absolute Gasteiger partial charge is 0.396 e. The number of aliphatic hydroxyl groups is 1. The zero-order valence-electron chi connectivity index (χ0n) is 8.59. The number of nitrogens with one attached hydrogen (secondary N) is 2. The van der Waals surface area contributed by atoms with Crippen LogP contribution in [0.4, 0.5) is 0 Å². The van der Waals surface area contributed by atoms with E-state index in [1.807, 2.05) is 0 Å². The van der Waals surface area contributed by atoms with Gasteiger partial charge in [0.1, 0.15) is 0 Å². The van der Waals surface area contributed by atoms with Crippen molar-refractivity contribution in [2.75, 3.05) is 19.7 Å². The number of piperidine rings is 1. The van der Waals surface area contributed by atoms with Gasteiger partial charge in [-0.2, -0.15) is 0 Å². The Labute approximate surface area is 85.1 Å². The molecular formula is C10H20N2O2. The third-order valence-corrected chi connectivity index (χ3v) is 2.51. The lowest BCUT2D eigenvalue weighted by Gasteiger charge is -2.22. The lowest BCUT2D eigenvalue weighted by atomic mass is 10.0. The number of unbranched alkanes of at least 4 members (excludes halogenated alkanes) is 1. The molecule has 1 atom stereocenters. The molecule has 3 N–H and O–H groups in total. The Morgan fingerprint density at radius 3 is 2.93 bits per heavy atom. The maximum Gasteiger partial charge on any atom is 0.237 e. The van der Waals surface area contributed by atoms with Gasteiger partial charge in [-0.05, 0) is 32.2 Å². The Kier molecular flexibility index (Phi) is 5.56. The van der Waals surface area contributed by atoms with Crippen molar-refractivity contribution in [2.24, 2.45) is 0 Å². The average molecular weight is 200 g/mol. The molecule has 0 radical (unpaired) electrons. The van der Waals surface area contributed by atoms with E-state index < -0.39 is 0 Å². The van der Waals surface area contributed by atoms with Gasteiger partial charge in [-0.1, -0.05) is 6.42 Å². The predicted octanol–water partition coefficient (Wildman–Crippen LogP) is 0.0172. The minimum atomic E-state index is 0.0119. The van der Waals surface area contributed by atoms with Crippen LogP contribution in [0.25, 0.3) is 0 Å². The molecule has 1 fully saturated rings. The molecule has 14 heavy (non-hydrogen) atoms. The minimum absolute atomic E-state index is 0.0119. The van der Waals surface area contributed by atoms with E-state index in [1.165, 1.54) is 6.42 Å². The highest BCUT2D eigenvalue weighted by Gasteiger charge is 2.19. The third-order valence-electron chi connectivity index (χ3n) is 2.51. The van der Waals surface area contributed by atoms with Gasteiger partial charge in [-0.3, -0.25) is 4.79 Å². The van der Waals surface area contributed by atoms with Crippen molar-refractivity contribution in [3.63, 3.8) is 0 Å². The van der Waals surface area contributed by atoms with Gasteiger partial charge in [0.25, 0.3) is 0 Å². The molecule has 0 aromatic heterocycles. The number of aliphatic hydroxyl groups excluding tert-OH is 1. The number of rotatable bonds is 5. The quantitative estimate of drug-likeness (QED) is 0.548. The van der Waals surface area contributed by atoms with Crippen molar-refractivity contribution in [1.82, 2.24) is 10.6 Å². The average Bonchev–Trinajstić information content (AvgIpc) is 2.25. The molecule has 1 aliphatic heterocycles. The van der Waals surface area contributed by atoms with Gasteiger partial charge in [0.05, 0.1) is 6.04 Å². The van der Waals surface area contributed by atoms with Crippen LogP contribution in [0.3, 0.4) is 0 Å². The summed E-state index contributed by atoms with van der Waals surface area (Å²) in [7, 11) is 0. The number of carbonyl (C=O) groups is 1. The van der Waals surface area contributed by atoms with Gasteiger partial charge in [0.2, 0.25) is 5.91 Å². The van der Waals surface area contributed by atoms with Gasteiger partial charge >= 0.3 is 0 Å². The molecule has 1 amide bonds. The molecule has 4 heteroatoms. The van der Waals surface area contributed by atoms with Crippen LogP contribution in [-0.4, -0.2) is 36.8 Å². The second kappa shape index (κ2) is 6.79. The predicted molar refractivity (Wildman–Crippen MR) is 55.0 cm³/mol. The Balaban J connectivity index is 2.07. The van der Waals surface area contributed by atoms with Crippen molar-refractivity contribution in [1.29, 1.82) is 0 Å². The topological polar surface area (TPSA) is 61.4 Å². The fraction of sp³-hybridized carbons (Fsp3) is 0.900. The van der Waals surface area contributed by atoms with Crippen molar-refractivity contribution < 1.29 is 9.90 Å². The minimum Gasteiger partial charge on any atom is -0.396 e. The third kappa shape index (κ3) is 4.07. The van der Waals surface area contributed by atoms with E-state index in [4.69, 9.17) is 5.11 Å². The maximum atomic E-state index is 11.5. The molecule has 1 aliphatic rings. The van der Waals surface area contributed by atoms with Crippen LogP contribution < -0.4 is 10.6 Å². The molecule has 1 rings (SSSR count). The van der Waals surface area contributed by atoms with Gasteiger partial charge in [0.15, 0.2) is 0 Å². The Morgan fingerprint density at radius 2 is 2.29 bits per heavy atom. The fourth-order valence-corrected chi connectivity index (χ4v) is 1.65. The molecule has 1 heterocycles. The van der Waals surface area contributed by atoms with E-state index >= 15 is 0 Å². The van der Waals surface area contributed by atoms with Crippen LogP contribution >= 0.6 is 0 Å². The van der Waals surface area contributed by atoms with Crippen LogP contribution in [-0.2, 0) is 4.79 Å². The molecule has 0 spiro atoms. The molecule has 82 valence electrons. The normalized spacial score (nSPS) is 21.9. The van der Waals surface area contributed by atoms with E-state index in [2.05, 4.69) is 10.6 Å². The van der Waals surface area contributed by atoms with Gasteiger partial charge in [-0.15, -0.1) is 0 Å². The van der Waals surface area contributed by atoms with Crippen LogP contribution in [0.1, 0.15) is 32.1 Å². The summed E-state index contributed by atoms with van der Waals surface area (Å²) in [4.78, 5) is 11.5. The SMILES string of the molecule is O=C(NCCCCO)C1CCCCN1. The molecule has 4 nitrogen and oxygen atoms in total. The molecule has 0 aromatic rings. The van der Waals surface area contributed by atoms with E-state index in [9.17, 15) is 4.79 Å². The number of hydrogen-bond donors (Lipinski definition) is 3. The van der Waals surface area contributed by atoms with E-state index in [0.29, 0.717) is 6.54 Å². The lowest BCUT2D eigenvalue weighted by molar-refractivity contribution is -0.123. The summed E-state index contributed by atoms with van der Waals surface area (Å²) in [5.74, 6) is 0.114. The van der Waals surface area contributed by atoms with E-state index in [0.717, 1.165) is 32.2 Å². The van der Waals surface area contributed by atoms with Crippen molar-refractivity contribution in [3.8, 4) is 0 Å². The highest BCUT2D eigenvalue weighted by Crippen LogP contribution is 2.06. The molecule has 1 saturated heterocycles. The summed E-state index contributed by atoms with van der Waals surface area (Å²) in [5, 5.41) is 14.6. The Hall–Kier alpha value is -0.610. The summed E-state index contributed by atoms with van der Waals surface area (Å²) in [5.41, 5.74) is 0. The molecule has 1 unspecified atom stereocenters. The Morgan fingerprint density at radius 1 is 1.43 bits per heavy atom. The zero-order chi connectivity index (χ0) is 10.2. The molecule has 0 aliphatic carbocycles. The second-order valence-electron chi connectivity index (χ2n) is 3.72. The first-order chi connectivity index (χ1) is 6.84. The van der Waals surface area contributed by atoms with Crippen molar-refractivity contribution in [3.05, 3.63) is 0 Å². The number of hydrogen-bond acceptors (Lipinski definition) is 3. The van der Waals surface area contributed by atoms with Crippen LogP contribution in [0.2, 0.25) is 0 Å². The smallest absolute Gasteiger partial charge is 0.237 e. The van der Waals surface area contributed by atoms with Crippen LogP contribution in [0.15, 0.2) is 0 Å². The molecular weight excluding hydrogens is 180 g/mol. The van der Waals surface area contributed by atoms with Gasteiger partial charge in [0, 0.05) is 13.2 Å². The molecule has 0 aromatic carbocycles. The van der Waals surface area contributed by atoms with Crippen molar-refractivity contribution >= 4 is 5.91 Å². The molecule has 0 saturated carbocycles. The number of carbonyl (C=O) groups excluding carboxylic acids is 1. The summed E-state index contributed by atoms with van der Waals surface area (Å²) < 4.78 is 0. The standard InChI is InChI=1S/C10H20N2O2/c13-8-4-3-7-12-10(14)9-5-1-2-6-11-9/h9,11,13H,1-8H2,(H,12,14). The van der Waals surface area contributed by atoms with Crippen molar-refractivity contribution in [2.45, 2.75) is 38.1 Å². The van der Waals surface area contributed by atoms with Gasteiger partial charge < -0.3 is 15.7 Å². The summed E-state index contributed by atoms with van der Waals surface area (Å²) in [6.45, 7) is 1.84. The first kappa shape index (κ1) is 11.5. The first-order valence-electron chi connectivity index (χ1n) is 5.46. The van der Waals surface area contributed by atoms with Crippen LogP contribution in [0.5, 0.6) is 0 Å². The lowest BCUT2D eigenvalue weighted by Crippen LogP contribution is -2.46. The summed E-state index contributed by atoms with van der Waals surface area (Å²) in [6, 6.07) is 0.0119. The highest BCUT2D eigenvalue weighted by atomic mass is 16.2. The highest BCUT2D eigenvalue weighted by molar-refractivity contribution is 5.81. The van der Waals surface area contributed by atoms with E-state index in [1.54, 1.807) is 0 Å².